The maximum atomic E-state index is 6.36. The number of imidazole rings is 1. The Balaban J connectivity index is 1.79. The quantitative estimate of drug-likeness (QED) is 0.722. The van der Waals surface area contributed by atoms with E-state index in [9.17, 15) is 0 Å². The van der Waals surface area contributed by atoms with Crippen molar-refractivity contribution in [2.24, 2.45) is 0 Å². The zero-order chi connectivity index (χ0) is 19.7. The van der Waals surface area contributed by atoms with E-state index < -0.39 is 0 Å². The van der Waals surface area contributed by atoms with E-state index in [-0.39, 0.29) is 5.54 Å². The van der Waals surface area contributed by atoms with Gasteiger partial charge in [-0.25, -0.2) is 4.98 Å². The molecule has 0 saturated carbocycles. The van der Waals surface area contributed by atoms with Crippen molar-refractivity contribution in [3.8, 4) is 0 Å². The number of rotatable bonds is 4. The third-order valence-electron chi connectivity index (χ3n) is 4.54. The van der Waals surface area contributed by atoms with Crippen molar-refractivity contribution in [1.82, 2.24) is 19.5 Å². The molecule has 1 fully saturated rings. The van der Waals surface area contributed by atoms with Crippen molar-refractivity contribution >= 4 is 34.5 Å². The molecule has 0 amide bonds. The van der Waals surface area contributed by atoms with Gasteiger partial charge >= 0.3 is 0 Å². The molecule has 3 heterocycles. The summed E-state index contributed by atoms with van der Waals surface area (Å²) in [6.07, 6.45) is 1.81. The van der Waals surface area contributed by atoms with Crippen LogP contribution in [0.3, 0.4) is 0 Å². The molecule has 8 heteroatoms. The summed E-state index contributed by atoms with van der Waals surface area (Å²) in [6.45, 7) is 9.84. The number of ether oxygens (including phenoxy) is 1. The van der Waals surface area contributed by atoms with Crippen molar-refractivity contribution in [2.75, 3.05) is 36.5 Å². The summed E-state index contributed by atoms with van der Waals surface area (Å²) in [7, 11) is 0. The first kappa shape index (κ1) is 19.0. The minimum atomic E-state index is -0.149. The average Bonchev–Trinajstić information content (AvgIpc) is 3.05. The van der Waals surface area contributed by atoms with Crippen molar-refractivity contribution in [1.29, 1.82) is 0 Å². The molecule has 0 unspecified atom stereocenters. The van der Waals surface area contributed by atoms with Crippen LogP contribution in [0.5, 0.6) is 0 Å². The van der Waals surface area contributed by atoms with Crippen molar-refractivity contribution in [2.45, 2.75) is 32.9 Å². The van der Waals surface area contributed by atoms with E-state index in [1.54, 1.807) is 0 Å². The number of aromatic nitrogens is 4. The van der Waals surface area contributed by atoms with Gasteiger partial charge in [0.25, 0.3) is 0 Å². The first-order chi connectivity index (χ1) is 13.4. The molecular formula is C20H25ClN6O. The van der Waals surface area contributed by atoms with E-state index in [2.05, 4.69) is 36.0 Å². The van der Waals surface area contributed by atoms with Crippen LogP contribution >= 0.6 is 11.6 Å². The predicted octanol–water partition coefficient (Wildman–Crippen LogP) is 3.58. The lowest BCUT2D eigenvalue weighted by molar-refractivity contribution is 0.122. The van der Waals surface area contributed by atoms with Crippen LogP contribution in [0.2, 0.25) is 5.02 Å². The molecule has 1 aliphatic rings. The predicted molar refractivity (Wildman–Crippen MR) is 112 cm³/mol. The maximum absolute atomic E-state index is 6.36. The van der Waals surface area contributed by atoms with Crippen LogP contribution < -0.4 is 10.2 Å². The first-order valence-corrected chi connectivity index (χ1v) is 9.86. The smallest absolute Gasteiger partial charge is 0.227 e. The second-order valence-corrected chi connectivity index (χ2v) is 8.39. The molecule has 2 aromatic heterocycles. The molecule has 4 rings (SSSR count). The summed E-state index contributed by atoms with van der Waals surface area (Å²) < 4.78 is 7.52. The molecule has 0 bridgehead atoms. The van der Waals surface area contributed by atoms with Gasteiger partial charge in [0.05, 0.1) is 26.1 Å². The third kappa shape index (κ3) is 4.05. The number of nitrogens with zero attached hydrogens (tertiary/aromatic N) is 5. The van der Waals surface area contributed by atoms with Gasteiger partial charge in [0, 0.05) is 23.7 Å². The largest absolute Gasteiger partial charge is 0.378 e. The van der Waals surface area contributed by atoms with E-state index in [1.807, 2.05) is 35.2 Å². The zero-order valence-electron chi connectivity index (χ0n) is 16.4. The maximum Gasteiger partial charge on any atom is 0.227 e. The van der Waals surface area contributed by atoms with Gasteiger partial charge in [0.15, 0.2) is 17.0 Å². The highest BCUT2D eigenvalue weighted by Gasteiger charge is 2.22. The molecule has 1 aliphatic heterocycles. The highest BCUT2D eigenvalue weighted by atomic mass is 35.5. The number of hydrogen-bond donors (Lipinski definition) is 1. The number of halogens is 1. The summed E-state index contributed by atoms with van der Waals surface area (Å²) in [5, 5.41) is 4.13. The molecule has 0 spiro atoms. The lowest BCUT2D eigenvalue weighted by atomic mass is 10.1. The standard InChI is InChI=1S/C20H25ClN6O/c1-20(2,3)25-19-23-17(26-8-10-28-11-9-26)16-18(24-19)27(13-22-16)12-14-6-4-5-7-15(14)21/h4-7,13H,8-12H2,1-3H3,(H,23,24,25). The van der Waals surface area contributed by atoms with Gasteiger partial charge in [-0.3, -0.25) is 0 Å². The monoisotopic (exact) mass is 400 g/mol. The van der Waals surface area contributed by atoms with E-state index in [0.29, 0.717) is 25.7 Å². The summed E-state index contributed by atoms with van der Waals surface area (Å²) in [5.74, 6) is 1.44. The van der Waals surface area contributed by atoms with Crippen LogP contribution in [-0.4, -0.2) is 51.4 Å². The van der Waals surface area contributed by atoms with Gasteiger partial charge in [-0.05, 0) is 32.4 Å². The molecule has 0 atom stereocenters. The first-order valence-electron chi connectivity index (χ1n) is 9.48. The molecule has 1 saturated heterocycles. The van der Waals surface area contributed by atoms with Crippen LogP contribution in [-0.2, 0) is 11.3 Å². The molecule has 1 aromatic carbocycles. The minimum Gasteiger partial charge on any atom is -0.378 e. The Hall–Kier alpha value is -2.38. The van der Waals surface area contributed by atoms with Crippen molar-refractivity contribution in [3.05, 3.63) is 41.2 Å². The van der Waals surface area contributed by atoms with E-state index >= 15 is 0 Å². The van der Waals surface area contributed by atoms with Crippen LogP contribution in [0.4, 0.5) is 11.8 Å². The summed E-state index contributed by atoms with van der Waals surface area (Å²) >= 11 is 6.36. The van der Waals surface area contributed by atoms with Gasteiger partial charge in [-0.15, -0.1) is 0 Å². The van der Waals surface area contributed by atoms with Crippen molar-refractivity contribution in [3.63, 3.8) is 0 Å². The van der Waals surface area contributed by atoms with Gasteiger partial charge < -0.3 is 19.5 Å². The Bertz CT molecular complexity index is 974. The van der Waals surface area contributed by atoms with E-state index in [1.165, 1.54) is 0 Å². The molecule has 1 N–H and O–H groups in total. The summed E-state index contributed by atoms with van der Waals surface area (Å²) in [5.41, 5.74) is 2.47. The molecule has 148 valence electrons. The van der Waals surface area contributed by atoms with E-state index in [0.717, 1.165) is 40.7 Å². The van der Waals surface area contributed by atoms with Gasteiger partial charge in [0.2, 0.25) is 5.95 Å². The lowest BCUT2D eigenvalue weighted by Gasteiger charge is -2.29. The van der Waals surface area contributed by atoms with E-state index in [4.69, 9.17) is 26.3 Å². The Kier molecular flexibility index (Phi) is 5.12. The van der Waals surface area contributed by atoms with Crippen LogP contribution in [0.1, 0.15) is 26.3 Å². The zero-order valence-corrected chi connectivity index (χ0v) is 17.2. The Morgan fingerprint density at radius 1 is 1.14 bits per heavy atom. The molecule has 7 nitrogen and oxygen atoms in total. The number of anilines is 2. The molecule has 0 radical (unpaired) electrons. The lowest BCUT2D eigenvalue weighted by Crippen LogP contribution is -2.37. The van der Waals surface area contributed by atoms with Crippen molar-refractivity contribution < 1.29 is 4.74 Å². The fourth-order valence-corrected chi connectivity index (χ4v) is 3.44. The Morgan fingerprint density at radius 2 is 1.89 bits per heavy atom. The normalized spacial score (nSPS) is 15.2. The highest BCUT2D eigenvalue weighted by Crippen LogP contribution is 2.27. The Morgan fingerprint density at radius 3 is 2.61 bits per heavy atom. The second kappa shape index (κ2) is 7.56. The fourth-order valence-electron chi connectivity index (χ4n) is 3.24. The second-order valence-electron chi connectivity index (χ2n) is 7.98. The number of benzene rings is 1. The number of fused-ring (bicyclic) bond motifs is 1. The van der Waals surface area contributed by atoms with Gasteiger partial charge in [0.1, 0.15) is 0 Å². The minimum absolute atomic E-state index is 0.149. The van der Waals surface area contributed by atoms with Crippen LogP contribution in [0.25, 0.3) is 11.2 Å². The molecule has 28 heavy (non-hydrogen) atoms. The van der Waals surface area contributed by atoms with Gasteiger partial charge in [-0.2, -0.15) is 9.97 Å². The summed E-state index contributed by atoms with van der Waals surface area (Å²) in [6, 6.07) is 7.84. The number of nitrogens with one attached hydrogen (secondary N) is 1. The average molecular weight is 401 g/mol. The van der Waals surface area contributed by atoms with Crippen LogP contribution in [0, 0.1) is 0 Å². The molecule has 3 aromatic rings. The third-order valence-corrected chi connectivity index (χ3v) is 4.91. The molecular weight excluding hydrogens is 376 g/mol. The number of hydrogen-bond acceptors (Lipinski definition) is 6. The van der Waals surface area contributed by atoms with Crippen LogP contribution in [0.15, 0.2) is 30.6 Å². The summed E-state index contributed by atoms with van der Waals surface area (Å²) in [4.78, 5) is 16.4. The Labute approximate surface area is 169 Å². The highest BCUT2D eigenvalue weighted by molar-refractivity contribution is 6.31. The number of morpholine rings is 1. The van der Waals surface area contributed by atoms with Gasteiger partial charge in [-0.1, -0.05) is 29.8 Å². The topological polar surface area (TPSA) is 68.1 Å². The fraction of sp³-hybridized carbons (Fsp3) is 0.450. The molecule has 0 aliphatic carbocycles. The SMILES string of the molecule is CC(C)(C)Nc1nc(N2CCOCC2)c2ncn(Cc3ccccc3Cl)c2n1.